The van der Waals surface area contributed by atoms with E-state index in [9.17, 15) is 13.2 Å². The Bertz CT molecular complexity index is 1240. The molecule has 1 saturated heterocycles. The van der Waals surface area contributed by atoms with Crippen LogP contribution in [-0.4, -0.2) is 61.2 Å². The first-order valence-electron chi connectivity index (χ1n) is 10.5. The van der Waals surface area contributed by atoms with Gasteiger partial charge in [0.25, 0.3) is 0 Å². The van der Waals surface area contributed by atoms with Crippen molar-refractivity contribution in [2.24, 2.45) is 0 Å². The van der Waals surface area contributed by atoms with Crippen LogP contribution < -0.4 is 5.32 Å². The summed E-state index contributed by atoms with van der Waals surface area (Å²) in [6.07, 6.45) is 2.00. The lowest BCUT2D eigenvalue weighted by molar-refractivity contribution is -0.116. The number of aryl methyl sites for hydroxylation is 1. The molecule has 1 aliphatic rings. The summed E-state index contributed by atoms with van der Waals surface area (Å²) in [6, 6.07) is 14.3. The molecule has 1 amide bonds. The topological polar surface area (TPSA) is 82.6 Å². The zero-order chi connectivity index (χ0) is 22.7. The van der Waals surface area contributed by atoms with Gasteiger partial charge in [-0.2, -0.15) is 4.31 Å². The second-order valence-corrected chi connectivity index (χ2v) is 10.2. The average Bonchev–Trinajstić information content (AvgIpc) is 2.79. The molecule has 0 saturated carbocycles. The van der Waals surface area contributed by atoms with E-state index in [0.717, 1.165) is 10.9 Å². The first-order valence-corrected chi connectivity index (χ1v) is 12.3. The van der Waals surface area contributed by atoms with Gasteiger partial charge in [0.15, 0.2) is 0 Å². The third-order valence-corrected chi connectivity index (χ3v) is 7.82. The van der Waals surface area contributed by atoms with E-state index in [1.54, 1.807) is 36.5 Å². The van der Waals surface area contributed by atoms with Crippen LogP contribution in [0.4, 0.5) is 5.69 Å². The summed E-state index contributed by atoms with van der Waals surface area (Å²) in [6.45, 7) is 4.36. The van der Waals surface area contributed by atoms with Crippen molar-refractivity contribution in [2.45, 2.75) is 18.2 Å². The van der Waals surface area contributed by atoms with Gasteiger partial charge in [-0.1, -0.05) is 35.9 Å². The molecule has 0 aliphatic carbocycles. The van der Waals surface area contributed by atoms with Crippen LogP contribution in [0.1, 0.15) is 12.0 Å². The zero-order valence-corrected chi connectivity index (χ0v) is 19.4. The van der Waals surface area contributed by atoms with Crippen LogP contribution in [0.3, 0.4) is 0 Å². The average molecular weight is 473 g/mol. The smallest absolute Gasteiger partial charge is 0.245 e. The number of fused-ring (bicyclic) bond motifs is 1. The molecular formula is C23H25ClN4O3S. The van der Waals surface area contributed by atoms with Crippen molar-refractivity contribution >= 4 is 44.1 Å². The van der Waals surface area contributed by atoms with Crippen molar-refractivity contribution in [1.29, 1.82) is 0 Å². The molecular weight excluding hydrogens is 448 g/mol. The molecule has 2 heterocycles. The molecule has 0 bridgehead atoms. The Balaban J connectivity index is 1.35. The molecule has 2 aromatic carbocycles. The van der Waals surface area contributed by atoms with Gasteiger partial charge in [-0.05, 0) is 36.8 Å². The Morgan fingerprint density at radius 3 is 2.59 bits per heavy atom. The predicted molar refractivity (Wildman–Crippen MR) is 126 cm³/mol. The van der Waals surface area contributed by atoms with Crippen molar-refractivity contribution in [3.63, 3.8) is 0 Å². The summed E-state index contributed by atoms with van der Waals surface area (Å²) >= 11 is 6.08. The summed E-state index contributed by atoms with van der Waals surface area (Å²) in [7, 11) is -3.65. The van der Waals surface area contributed by atoms with Gasteiger partial charge in [0, 0.05) is 50.7 Å². The monoisotopic (exact) mass is 472 g/mol. The second kappa shape index (κ2) is 9.54. The van der Waals surface area contributed by atoms with Crippen molar-refractivity contribution in [1.82, 2.24) is 14.2 Å². The second-order valence-electron chi connectivity index (χ2n) is 7.86. The van der Waals surface area contributed by atoms with Gasteiger partial charge in [-0.15, -0.1) is 0 Å². The van der Waals surface area contributed by atoms with E-state index < -0.39 is 10.0 Å². The molecule has 4 rings (SSSR count). The summed E-state index contributed by atoms with van der Waals surface area (Å²) in [4.78, 5) is 19.0. The first kappa shape index (κ1) is 22.7. The fourth-order valence-electron chi connectivity index (χ4n) is 3.82. The van der Waals surface area contributed by atoms with Gasteiger partial charge >= 0.3 is 0 Å². The Morgan fingerprint density at radius 1 is 1.09 bits per heavy atom. The van der Waals surface area contributed by atoms with Gasteiger partial charge in [0.05, 0.1) is 16.2 Å². The quantitative estimate of drug-likeness (QED) is 0.593. The number of anilines is 1. The summed E-state index contributed by atoms with van der Waals surface area (Å²) < 4.78 is 28.1. The number of piperazine rings is 1. The van der Waals surface area contributed by atoms with Crippen LogP contribution in [0.5, 0.6) is 0 Å². The highest BCUT2D eigenvalue weighted by Gasteiger charge is 2.30. The Hall–Kier alpha value is -2.52. The number of aromatic nitrogens is 1. The highest BCUT2D eigenvalue weighted by molar-refractivity contribution is 7.89. The molecule has 1 aromatic heterocycles. The molecule has 3 aromatic rings. The molecule has 1 fully saturated rings. The van der Waals surface area contributed by atoms with Crippen molar-refractivity contribution in [3.05, 3.63) is 65.3 Å². The minimum absolute atomic E-state index is 0.120. The predicted octanol–water partition coefficient (Wildman–Crippen LogP) is 3.53. The van der Waals surface area contributed by atoms with Gasteiger partial charge in [0.1, 0.15) is 4.90 Å². The van der Waals surface area contributed by atoms with Gasteiger partial charge in [-0.3, -0.25) is 9.78 Å². The maximum absolute atomic E-state index is 13.3. The molecule has 168 valence electrons. The minimum Gasteiger partial charge on any atom is -0.325 e. The van der Waals surface area contributed by atoms with Crippen molar-refractivity contribution in [3.8, 4) is 0 Å². The van der Waals surface area contributed by atoms with Crippen LogP contribution in [0.25, 0.3) is 10.9 Å². The normalized spacial score (nSPS) is 15.7. The molecule has 1 N–H and O–H groups in total. The number of carbonyl (C=O) groups excluding carboxylic acids is 1. The molecule has 0 spiro atoms. The third kappa shape index (κ3) is 4.94. The molecule has 0 radical (unpaired) electrons. The molecule has 1 aliphatic heterocycles. The Morgan fingerprint density at radius 2 is 1.84 bits per heavy atom. The summed E-state index contributed by atoms with van der Waals surface area (Å²) in [5, 5.41) is 4.13. The van der Waals surface area contributed by atoms with Gasteiger partial charge in [-0.25, -0.2) is 8.42 Å². The minimum atomic E-state index is -3.65. The highest BCUT2D eigenvalue weighted by atomic mass is 35.5. The number of sulfonamides is 1. The molecule has 0 atom stereocenters. The Kier molecular flexibility index (Phi) is 6.76. The molecule has 9 heteroatoms. The number of nitrogens with one attached hydrogen (secondary N) is 1. The van der Waals surface area contributed by atoms with E-state index in [1.807, 2.05) is 25.1 Å². The Labute approximate surface area is 193 Å². The SMILES string of the molecule is Cc1cnc2c(S(=O)(=O)N3CCN(CCC(=O)Nc4ccccc4Cl)CC3)cccc2c1. The lowest BCUT2D eigenvalue weighted by Gasteiger charge is -2.33. The van der Waals surface area contributed by atoms with E-state index in [4.69, 9.17) is 11.6 Å². The van der Waals surface area contributed by atoms with Gasteiger partial charge in [0.2, 0.25) is 15.9 Å². The van der Waals surface area contributed by atoms with Crippen LogP contribution in [0.15, 0.2) is 59.6 Å². The van der Waals surface area contributed by atoms with Crippen molar-refractivity contribution in [2.75, 3.05) is 38.0 Å². The maximum atomic E-state index is 13.3. The number of hydrogen-bond donors (Lipinski definition) is 1. The van der Waals surface area contributed by atoms with Crippen molar-refractivity contribution < 1.29 is 13.2 Å². The van der Waals surface area contributed by atoms with Gasteiger partial charge < -0.3 is 10.2 Å². The largest absolute Gasteiger partial charge is 0.325 e. The number of carbonyl (C=O) groups is 1. The standard InChI is InChI=1S/C23H25ClN4O3S/c1-17-15-18-5-4-8-21(23(18)25-16-17)32(30,31)28-13-11-27(12-14-28)10-9-22(29)26-20-7-3-2-6-19(20)24/h2-8,15-16H,9-14H2,1H3,(H,26,29). The number of amides is 1. The number of hydrogen-bond acceptors (Lipinski definition) is 5. The molecule has 7 nitrogen and oxygen atoms in total. The fourth-order valence-corrected chi connectivity index (χ4v) is 5.59. The number of halogens is 1. The highest BCUT2D eigenvalue weighted by Crippen LogP contribution is 2.26. The van der Waals surface area contributed by atoms with E-state index in [1.165, 1.54) is 4.31 Å². The summed E-state index contributed by atoms with van der Waals surface area (Å²) in [5.74, 6) is -0.120. The number of benzene rings is 2. The number of rotatable bonds is 6. The number of para-hydroxylation sites is 2. The number of nitrogens with zero attached hydrogens (tertiary/aromatic N) is 3. The van der Waals surface area contributed by atoms with Crippen LogP contribution in [0, 0.1) is 6.92 Å². The third-order valence-electron chi connectivity index (χ3n) is 5.56. The fraction of sp³-hybridized carbons (Fsp3) is 0.304. The lowest BCUT2D eigenvalue weighted by atomic mass is 10.2. The maximum Gasteiger partial charge on any atom is 0.245 e. The molecule has 0 unspecified atom stereocenters. The van der Waals surface area contributed by atoms with Crippen LogP contribution in [-0.2, 0) is 14.8 Å². The first-order chi connectivity index (χ1) is 15.3. The zero-order valence-electron chi connectivity index (χ0n) is 17.8. The van der Waals surface area contributed by atoms with Crippen LogP contribution in [0.2, 0.25) is 5.02 Å². The van der Waals surface area contributed by atoms with Crippen LogP contribution >= 0.6 is 11.6 Å². The van der Waals surface area contributed by atoms with E-state index >= 15 is 0 Å². The van der Waals surface area contributed by atoms with E-state index in [0.29, 0.717) is 55.4 Å². The summed E-state index contributed by atoms with van der Waals surface area (Å²) in [5.41, 5.74) is 2.07. The van der Waals surface area contributed by atoms with E-state index in [2.05, 4.69) is 15.2 Å². The van der Waals surface area contributed by atoms with E-state index in [-0.39, 0.29) is 10.8 Å². The number of pyridine rings is 1. The molecule has 32 heavy (non-hydrogen) atoms. The lowest BCUT2D eigenvalue weighted by Crippen LogP contribution is -2.49.